The Kier molecular flexibility index (Phi) is 4.48. The number of anilines is 1. The predicted molar refractivity (Wildman–Crippen MR) is 99.3 cm³/mol. The van der Waals surface area contributed by atoms with Gasteiger partial charge in [-0.25, -0.2) is 9.97 Å². The maximum Gasteiger partial charge on any atom is 0.234 e. The van der Waals surface area contributed by atoms with Crippen molar-refractivity contribution < 1.29 is 19.1 Å². The van der Waals surface area contributed by atoms with Crippen LogP contribution in [0.5, 0.6) is 11.5 Å². The number of hydrogen-bond donors (Lipinski definition) is 1. The first-order chi connectivity index (χ1) is 12.6. The molecule has 0 fully saturated rings. The monoisotopic (exact) mass is 387 g/mol. The largest absolute Gasteiger partial charge is 0.454 e. The Hall–Kier alpha value is -2.65. The number of fused-ring (bicyclic) bond motifs is 2. The number of nitrogens with zero attached hydrogens (tertiary/aromatic N) is 2. The molecule has 2 aromatic heterocycles. The van der Waals surface area contributed by atoms with Crippen LogP contribution in [-0.4, -0.2) is 34.2 Å². The number of nitrogens with one attached hydrogen (secondary N) is 1. The number of carbonyl (C=O) groups excluding carboxylic acids is 2. The van der Waals surface area contributed by atoms with Gasteiger partial charge in [-0.2, -0.15) is 0 Å². The average Bonchev–Trinajstić information content (AvgIpc) is 3.27. The lowest BCUT2D eigenvalue weighted by molar-refractivity contribution is -0.113. The number of Topliss-reactive ketones (excluding diaryl/α,β-unsaturated/α-hetero) is 1. The van der Waals surface area contributed by atoms with Crippen molar-refractivity contribution >= 4 is 50.7 Å². The molecule has 0 aliphatic carbocycles. The summed E-state index contributed by atoms with van der Waals surface area (Å²) in [6.07, 6.45) is 1.49. The number of thioether (sulfide) groups is 1. The van der Waals surface area contributed by atoms with Gasteiger partial charge in [-0.15, -0.1) is 11.3 Å². The van der Waals surface area contributed by atoms with E-state index in [1.54, 1.807) is 12.1 Å². The topological polar surface area (TPSA) is 90.4 Å². The van der Waals surface area contributed by atoms with Crippen molar-refractivity contribution in [2.75, 3.05) is 17.9 Å². The number of benzene rings is 1. The highest BCUT2D eigenvalue weighted by atomic mass is 32.2. The highest BCUT2D eigenvalue weighted by molar-refractivity contribution is 8.00. The summed E-state index contributed by atoms with van der Waals surface area (Å²) in [5, 5.41) is 6.40. The molecule has 9 heteroatoms. The van der Waals surface area contributed by atoms with Crippen molar-refractivity contribution in [3.8, 4) is 11.5 Å². The van der Waals surface area contributed by atoms with Gasteiger partial charge in [-0.05, 0) is 24.4 Å². The molecule has 4 rings (SSSR count). The van der Waals surface area contributed by atoms with Crippen LogP contribution in [0.25, 0.3) is 10.2 Å². The van der Waals surface area contributed by atoms with E-state index >= 15 is 0 Å². The fourth-order valence-electron chi connectivity index (χ4n) is 2.54. The van der Waals surface area contributed by atoms with Gasteiger partial charge in [-0.1, -0.05) is 11.8 Å². The van der Waals surface area contributed by atoms with Gasteiger partial charge < -0.3 is 14.8 Å². The number of ether oxygens (including phenoxy) is 2. The lowest BCUT2D eigenvalue weighted by atomic mass is 10.1. The number of amides is 1. The van der Waals surface area contributed by atoms with Gasteiger partial charge in [0.05, 0.1) is 11.4 Å². The van der Waals surface area contributed by atoms with Crippen LogP contribution in [0.4, 0.5) is 5.69 Å². The average molecular weight is 387 g/mol. The smallest absolute Gasteiger partial charge is 0.234 e. The maximum absolute atomic E-state index is 12.4. The van der Waals surface area contributed by atoms with Gasteiger partial charge >= 0.3 is 0 Å². The molecule has 0 bridgehead atoms. The number of hydrogen-bond acceptors (Lipinski definition) is 8. The molecule has 26 heavy (non-hydrogen) atoms. The predicted octanol–water partition coefficient (Wildman–Crippen LogP) is 3.35. The Balaban J connectivity index is 1.50. The minimum absolute atomic E-state index is 0.101. The van der Waals surface area contributed by atoms with Crippen LogP contribution in [0.2, 0.25) is 0 Å². The molecule has 1 aliphatic rings. The van der Waals surface area contributed by atoms with E-state index in [4.69, 9.17) is 9.47 Å². The van der Waals surface area contributed by atoms with Crippen LogP contribution in [0, 0.1) is 0 Å². The molecule has 0 saturated heterocycles. The summed E-state index contributed by atoms with van der Waals surface area (Å²) < 4.78 is 10.6. The molecule has 1 amide bonds. The summed E-state index contributed by atoms with van der Waals surface area (Å²) in [6, 6.07) is 5.14. The number of rotatable bonds is 5. The lowest BCUT2D eigenvalue weighted by Gasteiger charge is -2.10. The Morgan fingerprint density at radius 1 is 1.27 bits per heavy atom. The van der Waals surface area contributed by atoms with Gasteiger partial charge in [0.25, 0.3) is 0 Å². The standard InChI is InChI=1S/C17H13N3O4S2/c1-9(21)11-4-13-14(24-8-23-13)5-12(11)20-15(22)6-26-17-10-2-3-25-16(10)18-7-19-17/h2-5,7H,6,8H2,1H3,(H,20,22). The first-order valence-electron chi connectivity index (χ1n) is 7.67. The molecular formula is C17H13N3O4S2. The summed E-state index contributed by atoms with van der Waals surface area (Å²) in [7, 11) is 0. The molecule has 132 valence electrons. The molecule has 0 saturated carbocycles. The third-order valence-electron chi connectivity index (χ3n) is 3.73. The summed E-state index contributed by atoms with van der Waals surface area (Å²) in [5.41, 5.74) is 0.797. The zero-order valence-electron chi connectivity index (χ0n) is 13.6. The molecular weight excluding hydrogens is 374 g/mol. The van der Waals surface area contributed by atoms with Crippen LogP contribution in [-0.2, 0) is 4.79 Å². The molecule has 1 aromatic carbocycles. The van der Waals surface area contributed by atoms with Crippen molar-refractivity contribution in [1.29, 1.82) is 0 Å². The Bertz CT molecular complexity index is 1020. The van der Waals surface area contributed by atoms with E-state index in [0.29, 0.717) is 22.7 Å². The van der Waals surface area contributed by atoms with Gasteiger partial charge in [0.2, 0.25) is 12.7 Å². The molecule has 0 unspecified atom stereocenters. The van der Waals surface area contributed by atoms with Crippen molar-refractivity contribution in [1.82, 2.24) is 9.97 Å². The highest BCUT2D eigenvalue weighted by Gasteiger charge is 2.20. The van der Waals surface area contributed by atoms with E-state index in [0.717, 1.165) is 15.2 Å². The molecule has 1 aliphatic heterocycles. The first-order valence-corrected chi connectivity index (χ1v) is 9.54. The van der Waals surface area contributed by atoms with Crippen molar-refractivity contribution in [3.05, 3.63) is 35.5 Å². The second-order valence-corrected chi connectivity index (χ2v) is 7.32. The third kappa shape index (κ3) is 3.23. The third-order valence-corrected chi connectivity index (χ3v) is 5.56. The zero-order valence-corrected chi connectivity index (χ0v) is 15.3. The van der Waals surface area contributed by atoms with E-state index < -0.39 is 0 Å². The second-order valence-electron chi connectivity index (χ2n) is 5.46. The van der Waals surface area contributed by atoms with Crippen LogP contribution >= 0.6 is 23.1 Å². The molecule has 0 atom stereocenters. The van der Waals surface area contributed by atoms with Crippen LogP contribution < -0.4 is 14.8 Å². The molecule has 0 radical (unpaired) electrons. The van der Waals surface area contributed by atoms with E-state index in [2.05, 4.69) is 15.3 Å². The Morgan fingerprint density at radius 2 is 2.08 bits per heavy atom. The van der Waals surface area contributed by atoms with E-state index in [-0.39, 0.29) is 24.2 Å². The molecule has 7 nitrogen and oxygen atoms in total. The SMILES string of the molecule is CC(=O)c1cc2c(cc1NC(=O)CSc1ncnc3sccc13)OCO2. The Labute approximate surface area is 156 Å². The van der Waals surface area contributed by atoms with Crippen molar-refractivity contribution in [2.24, 2.45) is 0 Å². The highest BCUT2D eigenvalue weighted by Crippen LogP contribution is 2.37. The first kappa shape index (κ1) is 16.8. The number of aromatic nitrogens is 2. The summed E-state index contributed by atoms with van der Waals surface area (Å²) in [6.45, 7) is 1.54. The normalized spacial score (nSPS) is 12.3. The van der Waals surface area contributed by atoms with E-state index in [1.807, 2.05) is 11.4 Å². The minimum Gasteiger partial charge on any atom is -0.454 e. The maximum atomic E-state index is 12.4. The fraction of sp³-hybridized carbons (Fsp3) is 0.176. The minimum atomic E-state index is -0.238. The summed E-state index contributed by atoms with van der Waals surface area (Å²) >= 11 is 2.85. The summed E-state index contributed by atoms with van der Waals surface area (Å²) in [4.78, 5) is 33.6. The van der Waals surface area contributed by atoms with Gasteiger partial charge in [0, 0.05) is 17.0 Å². The quantitative estimate of drug-likeness (QED) is 0.408. The van der Waals surface area contributed by atoms with Crippen LogP contribution in [0.15, 0.2) is 34.9 Å². The van der Waals surface area contributed by atoms with Gasteiger partial charge in [0.15, 0.2) is 17.3 Å². The number of ketones is 1. The van der Waals surface area contributed by atoms with Crippen LogP contribution in [0.3, 0.4) is 0 Å². The number of carbonyl (C=O) groups is 2. The molecule has 3 heterocycles. The molecule has 3 aromatic rings. The zero-order chi connectivity index (χ0) is 18.1. The second kappa shape index (κ2) is 6.93. The molecule has 0 spiro atoms. The lowest BCUT2D eigenvalue weighted by Crippen LogP contribution is -2.16. The van der Waals surface area contributed by atoms with Gasteiger partial charge in [0.1, 0.15) is 16.2 Å². The van der Waals surface area contributed by atoms with Crippen molar-refractivity contribution in [3.63, 3.8) is 0 Å². The van der Waals surface area contributed by atoms with Crippen LogP contribution in [0.1, 0.15) is 17.3 Å². The fourth-order valence-corrected chi connectivity index (χ4v) is 4.12. The van der Waals surface area contributed by atoms with Gasteiger partial charge in [-0.3, -0.25) is 9.59 Å². The summed E-state index contributed by atoms with van der Waals surface area (Å²) in [5.74, 6) is 0.769. The van der Waals surface area contributed by atoms with E-state index in [9.17, 15) is 9.59 Å². The van der Waals surface area contributed by atoms with E-state index in [1.165, 1.54) is 36.3 Å². The van der Waals surface area contributed by atoms with Crippen molar-refractivity contribution in [2.45, 2.75) is 11.9 Å². The molecule has 1 N–H and O–H groups in total. The Morgan fingerprint density at radius 3 is 2.88 bits per heavy atom. The number of thiophene rings is 1.